The molecule has 0 saturated carbocycles. The van der Waals surface area contributed by atoms with Crippen LogP contribution in [0.25, 0.3) is 0 Å². The van der Waals surface area contributed by atoms with Gasteiger partial charge in [0.2, 0.25) is 0 Å². The van der Waals surface area contributed by atoms with Gasteiger partial charge in [-0.2, -0.15) is 5.10 Å². The van der Waals surface area contributed by atoms with Crippen molar-refractivity contribution in [2.75, 3.05) is 7.11 Å². The number of nitrogens with one attached hydrogen (secondary N) is 2. The van der Waals surface area contributed by atoms with Crippen molar-refractivity contribution < 1.29 is 9.53 Å². The van der Waals surface area contributed by atoms with Crippen LogP contribution in [0.3, 0.4) is 0 Å². The third-order valence-electron chi connectivity index (χ3n) is 3.69. The van der Waals surface area contributed by atoms with Crippen LogP contribution in [0, 0.1) is 20.8 Å². The number of hydrogen-bond acceptors (Lipinski definition) is 4. The van der Waals surface area contributed by atoms with E-state index in [9.17, 15) is 9.59 Å². The monoisotopic (exact) mass is 301 g/mol. The number of aryl methyl sites for hydroxylation is 1. The number of H-pyrrole nitrogens is 1. The summed E-state index contributed by atoms with van der Waals surface area (Å²) in [5.74, 6) is 0.539. The minimum atomic E-state index is -0.339. The van der Waals surface area contributed by atoms with Gasteiger partial charge in [0.25, 0.3) is 11.5 Å². The Bertz CT molecular complexity index is 745. The Balaban J connectivity index is 2.16. The zero-order chi connectivity index (χ0) is 16.3. The van der Waals surface area contributed by atoms with E-state index in [4.69, 9.17) is 4.74 Å². The Morgan fingerprint density at radius 2 is 2.00 bits per heavy atom. The van der Waals surface area contributed by atoms with Crippen LogP contribution >= 0.6 is 0 Å². The summed E-state index contributed by atoms with van der Waals surface area (Å²) in [7, 11) is 1.65. The van der Waals surface area contributed by atoms with Crippen molar-refractivity contribution in [2.24, 2.45) is 0 Å². The maximum atomic E-state index is 12.0. The molecule has 0 aliphatic rings. The molecule has 0 bridgehead atoms. The van der Waals surface area contributed by atoms with Crippen molar-refractivity contribution in [1.82, 2.24) is 15.5 Å². The fourth-order valence-corrected chi connectivity index (χ4v) is 2.38. The van der Waals surface area contributed by atoms with Crippen LogP contribution in [-0.4, -0.2) is 23.2 Å². The van der Waals surface area contributed by atoms with E-state index >= 15 is 0 Å². The lowest BCUT2D eigenvalue weighted by atomic mass is 9.98. The predicted molar refractivity (Wildman–Crippen MR) is 83.2 cm³/mol. The second-order valence-corrected chi connectivity index (χ2v) is 5.12. The Morgan fingerprint density at radius 1 is 1.27 bits per heavy atom. The van der Waals surface area contributed by atoms with Crippen LogP contribution in [0.15, 0.2) is 23.0 Å². The second-order valence-electron chi connectivity index (χ2n) is 5.12. The Hall–Kier alpha value is -2.63. The summed E-state index contributed by atoms with van der Waals surface area (Å²) in [6.45, 7) is 6.35. The standard InChI is InChI=1S/C16H19N3O3/c1-9-7-12(10(2)11(3)15(9)22-4)8-17-16(21)13-5-6-14(20)19-18-13/h5-7H,8H2,1-4H3,(H,17,21)(H,19,20). The van der Waals surface area contributed by atoms with Crippen LogP contribution in [0.1, 0.15) is 32.7 Å². The molecule has 2 rings (SSSR count). The zero-order valence-electron chi connectivity index (χ0n) is 13.1. The summed E-state index contributed by atoms with van der Waals surface area (Å²) in [6, 6.07) is 4.67. The molecule has 2 N–H and O–H groups in total. The maximum absolute atomic E-state index is 12.0. The summed E-state index contributed by atoms with van der Waals surface area (Å²) in [4.78, 5) is 23.0. The molecule has 22 heavy (non-hydrogen) atoms. The third kappa shape index (κ3) is 3.16. The lowest BCUT2D eigenvalue weighted by molar-refractivity contribution is 0.0944. The van der Waals surface area contributed by atoms with Crippen molar-refractivity contribution in [3.05, 3.63) is 56.5 Å². The van der Waals surface area contributed by atoms with Gasteiger partial charge < -0.3 is 10.1 Å². The summed E-state index contributed by atoms with van der Waals surface area (Å²) < 4.78 is 5.39. The van der Waals surface area contributed by atoms with Crippen LogP contribution in [0.5, 0.6) is 5.75 Å². The van der Waals surface area contributed by atoms with Gasteiger partial charge in [0.15, 0.2) is 0 Å². The van der Waals surface area contributed by atoms with Gasteiger partial charge >= 0.3 is 0 Å². The van der Waals surface area contributed by atoms with Gasteiger partial charge in [0.1, 0.15) is 11.4 Å². The molecule has 0 aliphatic heterocycles. The van der Waals surface area contributed by atoms with Crippen LogP contribution < -0.4 is 15.6 Å². The van der Waals surface area contributed by atoms with E-state index in [1.807, 2.05) is 26.8 Å². The third-order valence-corrected chi connectivity index (χ3v) is 3.69. The fourth-order valence-electron chi connectivity index (χ4n) is 2.38. The van der Waals surface area contributed by atoms with Gasteiger partial charge in [-0.1, -0.05) is 6.07 Å². The molecule has 0 spiro atoms. The number of methoxy groups -OCH3 is 1. The first-order valence-corrected chi connectivity index (χ1v) is 6.91. The fraction of sp³-hybridized carbons (Fsp3) is 0.312. The first kappa shape index (κ1) is 15.8. The number of aromatic nitrogens is 2. The minimum Gasteiger partial charge on any atom is -0.496 e. The van der Waals surface area contributed by atoms with Gasteiger partial charge in [-0.3, -0.25) is 9.59 Å². The molecule has 6 heteroatoms. The summed E-state index contributed by atoms with van der Waals surface area (Å²) >= 11 is 0. The first-order valence-electron chi connectivity index (χ1n) is 6.91. The van der Waals surface area contributed by atoms with Crippen molar-refractivity contribution in [3.63, 3.8) is 0 Å². The van der Waals surface area contributed by atoms with Crippen molar-refractivity contribution >= 4 is 5.91 Å². The molecule has 0 saturated heterocycles. The molecule has 1 amide bonds. The predicted octanol–water partition coefficient (Wildman–Crippen LogP) is 1.63. The van der Waals surface area contributed by atoms with Gasteiger partial charge in [0.05, 0.1) is 7.11 Å². The Labute approximate surface area is 128 Å². The topological polar surface area (TPSA) is 84.1 Å². The summed E-state index contributed by atoms with van der Waals surface area (Å²) in [5.41, 5.74) is 4.03. The minimum absolute atomic E-state index is 0.180. The summed E-state index contributed by atoms with van der Waals surface area (Å²) in [6.07, 6.45) is 0. The van der Waals surface area contributed by atoms with Gasteiger partial charge in [0, 0.05) is 12.6 Å². The number of aromatic amines is 1. The molecular formula is C16H19N3O3. The largest absolute Gasteiger partial charge is 0.496 e. The van der Waals surface area contributed by atoms with Gasteiger partial charge in [-0.25, -0.2) is 5.10 Å². The average Bonchev–Trinajstić information content (AvgIpc) is 2.50. The highest BCUT2D eigenvalue weighted by atomic mass is 16.5. The Morgan fingerprint density at radius 3 is 2.59 bits per heavy atom. The number of carbonyl (C=O) groups excluding carboxylic acids is 1. The number of nitrogens with zero attached hydrogens (tertiary/aromatic N) is 1. The van der Waals surface area contributed by atoms with E-state index < -0.39 is 0 Å². The van der Waals surface area contributed by atoms with Crippen LogP contribution in [0.4, 0.5) is 0 Å². The number of rotatable bonds is 4. The van der Waals surface area contributed by atoms with E-state index in [1.165, 1.54) is 12.1 Å². The molecule has 0 fully saturated rings. The zero-order valence-corrected chi connectivity index (χ0v) is 13.1. The first-order chi connectivity index (χ1) is 10.4. The van der Waals surface area contributed by atoms with Gasteiger partial charge in [-0.15, -0.1) is 0 Å². The van der Waals surface area contributed by atoms with Crippen LogP contribution in [0.2, 0.25) is 0 Å². The molecule has 1 aromatic heterocycles. The van der Waals surface area contributed by atoms with E-state index in [0.29, 0.717) is 6.54 Å². The molecule has 0 atom stereocenters. The van der Waals surface area contributed by atoms with Crippen molar-refractivity contribution in [3.8, 4) is 5.75 Å². The number of benzene rings is 1. The van der Waals surface area contributed by atoms with Crippen molar-refractivity contribution in [2.45, 2.75) is 27.3 Å². The van der Waals surface area contributed by atoms with E-state index in [1.54, 1.807) is 7.11 Å². The highest BCUT2D eigenvalue weighted by Crippen LogP contribution is 2.28. The molecular weight excluding hydrogens is 282 g/mol. The van der Waals surface area contributed by atoms with Gasteiger partial charge in [-0.05, 0) is 49.1 Å². The van der Waals surface area contributed by atoms with E-state index in [0.717, 1.165) is 28.0 Å². The lowest BCUT2D eigenvalue weighted by Gasteiger charge is -2.16. The molecule has 1 aromatic carbocycles. The SMILES string of the molecule is COc1c(C)cc(CNC(=O)c2ccc(=O)[nH]n2)c(C)c1C. The molecule has 6 nitrogen and oxygen atoms in total. The normalized spacial score (nSPS) is 10.4. The number of hydrogen-bond donors (Lipinski definition) is 2. The molecule has 0 aliphatic carbocycles. The second kappa shape index (κ2) is 6.43. The molecule has 0 unspecified atom stereocenters. The maximum Gasteiger partial charge on any atom is 0.271 e. The highest BCUT2D eigenvalue weighted by Gasteiger charge is 2.12. The number of carbonyl (C=O) groups is 1. The molecule has 0 radical (unpaired) electrons. The highest BCUT2D eigenvalue weighted by molar-refractivity contribution is 5.91. The van der Waals surface area contributed by atoms with Crippen molar-refractivity contribution in [1.29, 1.82) is 0 Å². The lowest BCUT2D eigenvalue weighted by Crippen LogP contribution is -2.25. The smallest absolute Gasteiger partial charge is 0.271 e. The quantitative estimate of drug-likeness (QED) is 0.899. The summed E-state index contributed by atoms with van der Waals surface area (Å²) in [5, 5.41) is 8.75. The average molecular weight is 301 g/mol. The number of amides is 1. The van der Waals surface area contributed by atoms with E-state index in [2.05, 4.69) is 15.5 Å². The molecule has 116 valence electrons. The molecule has 2 aromatic rings. The van der Waals surface area contributed by atoms with Crippen LogP contribution in [-0.2, 0) is 6.54 Å². The number of ether oxygens (including phenoxy) is 1. The Kier molecular flexibility index (Phi) is 4.60. The molecule has 1 heterocycles. The van der Waals surface area contributed by atoms with E-state index in [-0.39, 0.29) is 17.2 Å².